The molecule has 0 aliphatic carbocycles. The Labute approximate surface area is 129 Å². The van der Waals surface area contributed by atoms with E-state index in [1.165, 1.54) is 11.9 Å². The van der Waals surface area contributed by atoms with E-state index < -0.39 is 0 Å². The SMILES string of the molecule is COc1ccc(CCN(C)c2cc(C)nc3ncnn23)cc1. The number of methoxy groups -OCH3 is 1. The molecule has 6 nitrogen and oxygen atoms in total. The highest BCUT2D eigenvalue weighted by Crippen LogP contribution is 2.16. The minimum Gasteiger partial charge on any atom is -0.497 e. The fraction of sp³-hybridized carbons (Fsp3) is 0.312. The summed E-state index contributed by atoms with van der Waals surface area (Å²) < 4.78 is 6.95. The van der Waals surface area contributed by atoms with E-state index in [0.717, 1.165) is 30.2 Å². The van der Waals surface area contributed by atoms with E-state index in [-0.39, 0.29) is 0 Å². The molecule has 0 aliphatic heterocycles. The van der Waals surface area contributed by atoms with Gasteiger partial charge in [-0.2, -0.15) is 14.6 Å². The summed E-state index contributed by atoms with van der Waals surface area (Å²) in [6.07, 6.45) is 2.47. The van der Waals surface area contributed by atoms with E-state index in [1.807, 2.05) is 25.1 Å². The summed E-state index contributed by atoms with van der Waals surface area (Å²) in [4.78, 5) is 10.7. The molecular formula is C16H19N5O. The molecule has 0 fully saturated rings. The van der Waals surface area contributed by atoms with Crippen LogP contribution in [0.15, 0.2) is 36.7 Å². The summed E-state index contributed by atoms with van der Waals surface area (Å²) in [5, 5.41) is 4.24. The summed E-state index contributed by atoms with van der Waals surface area (Å²) in [7, 11) is 3.73. The lowest BCUT2D eigenvalue weighted by Crippen LogP contribution is -2.23. The van der Waals surface area contributed by atoms with Crippen molar-refractivity contribution in [3.05, 3.63) is 47.9 Å². The van der Waals surface area contributed by atoms with Crippen LogP contribution in [0.2, 0.25) is 0 Å². The summed E-state index contributed by atoms with van der Waals surface area (Å²) in [5.41, 5.74) is 2.21. The molecule has 114 valence electrons. The smallest absolute Gasteiger partial charge is 0.254 e. The number of aromatic nitrogens is 4. The molecule has 0 unspecified atom stereocenters. The normalized spacial score (nSPS) is 10.9. The van der Waals surface area contributed by atoms with Crippen molar-refractivity contribution in [3.8, 4) is 5.75 Å². The van der Waals surface area contributed by atoms with Crippen molar-refractivity contribution in [2.75, 3.05) is 25.6 Å². The van der Waals surface area contributed by atoms with Crippen LogP contribution in [0.25, 0.3) is 5.78 Å². The summed E-state index contributed by atoms with van der Waals surface area (Å²) in [6, 6.07) is 10.2. The number of likely N-dealkylation sites (N-methyl/N-ethyl adjacent to an activating group) is 1. The Morgan fingerprint density at radius 1 is 1.23 bits per heavy atom. The van der Waals surface area contributed by atoms with Gasteiger partial charge in [-0.25, -0.2) is 4.98 Å². The molecule has 1 aromatic carbocycles. The molecule has 6 heteroatoms. The number of hydrogen-bond donors (Lipinski definition) is 0. The lowest BCUT2D eigenvalue weighted by atomic mass is 10.1. The largest absolute Gasteiger partial charge is 0.497 e. The van der Waals surface area contributed by atoms with Crippen LogP contribution in [-0.4, -0.2) is 40.3 Å². The van der Waals surface area contributed by atoms with Gasteiger partial charge in [0.05, 0.1) is 7.11 Å². The van der Waals surface area contributed by atoms with Gasteiger partial charge in [0.2, 0.25) is 0 Å². The molecule has 0 saturated heterocycles. The Balaban J connectivity index is 1.75. The van der Waals surface area contributed by atoms with Crippen molar-refractivity contribution in [1.82, 2.24) is 19.6 Å². The number of ether oxygens (including phenoxy) is 1. The van der Waals surface area contributed by atoms with E-state index in [0.29, 0.717) is 5.78 Å². The second-order valence-electron chi connectivity index (χ2n) is 5.25. The summed E-state index contributed by atoms with van der Waals surface area (Å²) in [6.45, 7) is 2.85. The molecule has 22 heavy (non-hydrogen) atoms. The van der Waals surface area contributed by atoms with Crippen LogP contribution in [0.5, 0.6) is 5.75 Å². The number of benzene rings is 1. The number of rotatable bonds is 5. The summed E-state index contributed by atoms with van der Waals surface area (Å²) in [5.74, 6) is 2.51. The Kier molecular flexibility index (Phi) is 3.91. The monoisotopic (exact) mass is 297 g/mol. The topological polar surface area (TPSA) is 55.5 Å². The first-order valence-corrected chi connectivity index (χ1v) is 7.19. The van der Waals surface area contributed by atoms with Gasteiger partial charge in [-0.15, -0.1) is 0 Å². The molecule has 2 heterocycles. The number of aryl methyl sites for hydroxylation is 1. The lowest BCUT2D eigenvalue weighted by molar-refractivity contribution is 0.414. The molecule has 0 radical (unpaired) electrons. The Morgan fingerprint density at radius 3 is 2.73 bits per heavy atom. The fourth-order valence-corrected chi connectivity index (χ4v) is 2.39. The number of fused-ring (bicyclic) bond motifs is 1. The quantitative estimate of drug-likeness (QED) is 0.722. The Bertz CT molecular complexity index is 766. The van der Waals surface area contributed by atoms with E-state index >= 15 is 0 Å². The molecule has 3 aromatic rings. The van der Waals surface area contributed by atoms with Gasteiger partial charge in [-0.1, -0.05) is 12.1 Å². The van der Waals surface area contributed by atoms with Crippen LogP contribution >= 0.6 is 0 Å². The van der Waals surface area contributed by atoms with E-state index in [2.05, 4.69) is 39.1 Å². The van der Waals surface area contributed by atoms with Gasteiger partial charge in [0.15, 0.2) is 0 Å². The minimum atomic E-state index is 0.631. The maximum absolute atomic E-state index is 5.18. The third-order valence-electron chi connectivity index (χ3n) is 3.65. The van der Waals surface area contributed by atoms with Gasteiger partial charge in [0.1, 0.15) is 17.9 Å². The van der Waals surface area contributed by atoms with Crippen molar-refractivity contribution >= 4 is 11.6 Å². The highest BCUT2D eigenvalue weighted by Gasteiger charge is 2.10. The first-order valence-electron chi connectivity index (χ1n) is 7.19. The maximum atomic E-state index is 5.18. The Hall–Kier alpha value is -2.63. The minimum absolute atomic E-state index is 0.631. The highest BCUT2D eigenvalue weighted by molar-refractivity contribution is 5.46. The van der Waals surface area contributed by atoms with Gasteiger partial charge in [-0.3, -0.25) is 0 Å². The van der Waals surface area contributed by atoms with Crippen LogP contribution in [-0.2, 0) is 6.42 Å². The summed E-state index contributed by atoms with van der Waals surface area (Å²) >= 11 is 0. The number of hydrogen-bond acceptors (Lipinski definition) is 5. The highest BCUT2D eigenvalue weighted by atomic mass is 16.5. The van der Waals surface area contributed by atoms with E-state index in [9.17, 15) is 0 Å². The van der Waals surface area contributed by atoms with Gasteiger partial charge in [0.25, 0.3) is 5.78 Å². The van der Waals surface area contributed by atoms with Gasteiger partial charge < -0.3 is 9.64 Å². The molecule has 0 amide bonds. The zero-order valence-corrected chi connectivity index (χ0v) is 13.0. The predicted octanol–water partition coefficient (Wildman–Crippen LogP) is 2.12. The number of nitrogens with zero attached hydrogens (tertiary/aromatic N) is 5. The van der Waals surface area contributed by atoms with Crippen LogP contribution in [0.3, 0.4) is 0 Å². The predicted molar refractivity (Wildman–Crippen MR) is 85.5 cm³/mol. The van der Waals surface area contributed by atoms with Crippen LogP contribution in [0, 0.1) is 6.92 Å². The lowest BCUT2D eigenvalue weighted by Gasteiger charge is -2.20. The average molecular weight is 297 g/mol. The fourth-order valence-electron chi connectivity index (χ4n) is 2.39. The number of anilines is 1. The van der Waals surface area contributed by atoms with Crippen molar-refractivity contribution in [2.24, 2.45) is 0 Å². The third kappa shape index (κ3) is 2.86. The van der Waals surface area contributed by atoms with Crippen molar-refractivity contribution in [3.63, 3.8) is 0 Å². The zero-order valence-electron chi connectivity index (χ0n) is 13.0. The first-order chi connectivity index (χ1) is 10.7. The second-order valence-corrected chi connectivity index (χ2v) is 5.25. The average Bonchev–Trinajstić information content (AvgIpc) is 3.00. The maximum Gasteiger partial charge on any atom is 0.254 e. The van der Waals surface area contributed by atoms with Crippen LogP contribution in [0.4, 0.5) is 5.82 Å². The molecule has 0 aliphatic rings. The molecule has 2 aromatic heterocycles. The van der Waals surface area contributed by atoms with Crippen LogP contribution in [0.1, 0.15) is 11.3 Å². The van der Waals surface area contributed by atoms with Crippen molar-refractivity contribution in [2.45, 2.75) is 13.3 Å². The van der Waals surface area contributed by atoms with Gasteiger partial charge >= 0.3 is 0 Å². The van der Waals surface area contributed by atoms with Crippen molar-refractivity contribution < 1.29 is 4.74 Å². The second kappa shape index (κ2) is 6.01. The molecule has 3 rings (SSSR count). The molecular weight excluding hydrogens is 278 g/mol. The van der Waals surface area contributed by atoms with E-state index in [1.54, 1.807) is 11.6 Å². The van der Waals surface area contributed by atoms with Crippen molar-refractivity contribution in [1.29, 1.82) is 0 Å². The standard InChI is InChI=1S/C16H19N5O/c1-12-10-15(21-16(19-12)17-11-18-21)20(2)9-8-13-4-6-14(22-3)7-5-13/h4-7,10-11H,8-9H2,1-3H3. The molecule has 0 atom stereocenters. The Morgan fingerprint density at radius 2 is 2.00 bits per heavy atom. The van der Waals surface area contributed by atoms with E-state index in [4.69, 9.17) is 4.74 Å². The first kappa shape index (κ1) is 14.3. The van der Waals surface area contributed by atoms with Gasteiger partial charge in [0, 0.05) is 25.4 Å². The third-order valence-corrected chi connectivity index (χ3v) is 3.65. The zero-order chi connectivity index (χ0) is 15.5. The molecule has 0 spiro atoms. The molecule has 0 bridgehead atoms. The van der Waals surface area contributed by atoms with Crippen LogP contribution < -0.4 is 9.64 Å². The molecule has 0 saturated carbocycles. The molecule has 0 N–H and O–H groups in total. The van der Waals surface area contributed by atoms with Gasteiger partial charge in [-0.05, 0) is 31.0 Å².